The number of amides is 1. The van der Waals surface area contributed by atoms with Gasteiger partial charge in [0.25, 0.3) is 0 Å². The molecule has 2 unspecified atom stereocenters. The van der Waals surface area contributed by atoms with Crippen molar-refractivity contribution in [3.63, 3.8) is 0 Å². The number of carbonyl (C=O) groups excluding carboxylic acids is 2. The first-order valence-corrected chi connectivity index (χ1v) is 15.1. The maximum absolute atomic E-state index is 15.0. The summed E-state index contributed by atoms with van der Waals surface area (Å²) < 4.78 is 137. The second kappa shape index (κ2) is 10.2. The van der Waals surface area contributed by atoms with Gasteiger partial charge in [-0.2, -0.15) is 26.3 Å². The summed E-state index contributed by atoms with van der Waals surface area (Å²) in [5, 5.41) is 12.8. The van der Waals surface area contributed by atoms with Gasteiger partial charge in [-0.15, -0.1) is 0 Å². The normalized spacial score (nSPS) is 30.6. The van der Waals surface area contributed by atoms with Gasteiger partial charge in [-0.05, 0) is 74.4 Å². The van der Waals surface area contributed by atoms with E-state index in [1.54, 1.807) is 0 Å². The molecule has 1 amide bonds. The van der Waals surface area contributed by atoms with Crippen LogP contribution in [0.25, 0.3) is 0 Å². The summed E-state index contributed by atoms with van der Waals surface area (Å²) in [4.78, 5) is 25.1. The highest BCUT2D eigenvalue weighted by Crippen LogP contribution is 2.61. The first-order chi connectivity index (χ1) is 20.2. The van der Waals surface area contributed by atoms with Crippen molar-refractivity contribution < 1.29 is 58.2 Å². The fourth-order valence-corrected chi connectivity index (χ4v) is 9.96. The SMILES string of the molecule is CC1(O)CC(C(=O)N[C@@H]2CC(C=O)C3(S(=O)(=O)c4ccc(F)cc4)c4ccc(C(F)(C(F)(F)F)C(F)(F)F)cc4CC[C@@H]23)C1. The lowest BCUT2D eigenvalue weighted by Gasteiger charge is -2.45. The number of hydrogen-bond acceptors (Lipinski definition) is 5. The number of nitrogens with one attached hydrogen (secondary N) is 1. The fourth-order valence-electron chi connectivity index (χ4n) is 7.35. The Kier molecular flexibility index (Phi) is 7.51. The maximum atomic E-state index is 15.0. The first-order valence-electron chi connectivity index (χ1n) is 13.6. The molecule has 44 heavy (non-hydrogen) atoms. The number of benzene rings is 2. The van der Waals surface area contributed by atoms with Gasteiger partial charge in [0.05, 0.1) is 10.5 Å². The van der Waals surface area contributed by atoms with E-state index in [2.05, 4.69) is 5.32 Å². The van der Waals surface area contributed by atoms with Crippen LogP contribution in [-0.2, 0) is 36.3 Å². The van der Waals surface area contributed by atoms with E-state index in [4.69, 9.17) is 0 Å². The number of carbonyl (C=O) groups is 2. The second-order valence-electron chi connectivity index (χ2n) is 12.1. The van der Waals surface area contributed by atoms with Gasteiger partial charge < -0.3 is 15.2 Å². The second-order valence-corrected chi connectivity index (χ2v) is 14.3. The summed E-state index contributed by atoms with van der Waals surface area (Å²) in [6, 6.07) is 3.76. The van der Waals surface area contributed by atoms with Crippen molar-refractivity contribution in [2.75, 3.05) is 0 Å². The third kappa shape index (κ3) is 4.63. The van der Waals surface area contributed by atoms with Crippen LogP contribution in [0, 0.1) is 23.6 Å². The summed E-state index contributed by atoms with van der Waals surface area (Å²) in [5.74, 6) is -4.48. The predicted molar refractivity (Wildman–Crippen MR) is 138 cm³/mol. The predicted octanol–water partition coefficient (Wildman–Crippen LogP) is 5.21. The van der Waals surface area contributed by atoms with Crippen LogP contribution in [0.5, 0.6) is 0 Å². The minimum Gasteiger partial charge on any atom is -0.390 e. The lowest BCUT2D eigenvalue weighted by atomic mass is 9.70. The Morgan fingerprint density at radius 2 is 1.59 bits per heavy atom. The van der Waals surface area contributed by atoms with Crippen LogP contribution in [0.3, 0.4) is 0 Å². The molecular weight excluding hydrogens is 626 g/mol. The van der Waals surface area contributed by atoms with Crippen molar-refractivity contribution in [3.05, 3.63) is 65.0 Å². The van der Waals surface area contributed by atoms with Gasteiger partial charge in [-0.3, -0.25) is 4.79 Å². The standard InChI is InChI=1S/C29H27F8NO5S/c1-25(41)12-16(13-25)24(40)38-23-11-18(14-39)26(44(42,43)20-6-4-19(30)5-7-20)21-9-3-17(10-15(21)2-8-22(23)26)27(31,28(32,33)34)29(35,36)37/h3-7,9-10,14,16,18,22-23,41H,2,8,11-13H2,1H3,(H,38,40)/t16?,18?,22-,23+,25?,26?/m0/s1. The van der Waals surface area contributed by atoms with E-state index in [1.165, 1.54) is 6.92 Å². The van der Waals surface area contributed by atoms with Gasteiger partial charge in [-0.25, -0.2) is 17.2 Å². The number of sulfone groups is 1. The Balaban J connectivity index is 1.69. The van der Waals surface area contributed by atoms with Crippen molar-refractivity contribution >= 4 is 22.0 Å². The number of hydrogen-bond donors (Lipinski definition) is 2. The van der Waals surface area contributed by atoms with Crippen LogP contribution in [0.2, 0.25) is 0 Å². The molecule has 0 heterocycles. The molecule has 0 aromatic heterocycles. The smallest absolute Gasteiger partial charge is 0.390 e. The molecule has 0 saturated heterocycles. The molecule has 4 atom stereocenters. The Bertz CT molecular complexity index is 1570. The zero-order valence-electron chi connectivity index (χ0n) is 23.0. The quantitative estimate of drug-likeness (QED) is 0.254. The maximum Gasteiger partial charge on any atom is 0.435 e. The number of alkyl halides is 7. The van der Waals surface area contributed by atoms with E-state index in [-0.39, 0.29) is 49.3 Å². The molecule has 5 rings (SSSR count). The van der Waals surface area contributed by atoms with Crippen LogP contribution in [0.15, 0.2) is 47.4 Å². The van der Waals surface area contributed by atoms with Gasteiger partial charge in [-0.1, -0.05) is 18.2 Å². The molecule has 2 saturated carbocycles. The Labute approximate surface area is 246 Å². The van der Waals surface area contributed by atoms with Crippen LogP contribution in [0.4, 0.5) is 35.1 Å². The summed E-state index contributed by atoms with van der Waals surface area (Å²) in [6.07, 6.45) is -13.0. The van der Waals surface area contributed by atoms with E-state index < -0.39 is 84.2 Å². The van der Waals surface area contributed by atoms with E-state index in [0.29, 0.717) is 18.4 Å². The zero-order valence-corrected chi connectivity index (χ0v) is 23.8. The van der Waals surface area contributed by atoms with Crippen LogP contribution < -0.4 is 5.32 Å². The van der Waals surface area contributed by atoms with E-state index >= 15 is 4.39 Å². The van der Waals surface area contributed by atoms with Gasteiger partial charge in [0.15, 0.2) is 9.84 Å². The lowest BCUT2D eigenvalue weighted by Crippen LogP contribution is -2.54. The van der Waals surface area contributed by atoms with Crippen molar-refractivity contribution in [2.24, 2.45) is 17.8 Å². The van der Waals surface area contributed by atoms with Crippen LogP contribution >= 0.6 is 0 Å². The van der Waals surface area contributed by atoms with Crippen molar-refractivity contribution in [1.29, 1.82) is 0 Å². The van der Waals surface area contributed by atoms with Crippen molar-refractivity contribution in [2.45, 2.75) is 78.3 Å². The minimum atomic E-state index is -6.41. The summed E-state index contributed by atoms with van der Waals surface area (Å²) >= 11 is 0. The molecule has 6 nitrogen and oxygen atoms in total. The molecule has 15 heteroatoms. The number of rotatable bonds is 6. The molecule has 2 N–H and O–H groups in total. The number of aliphatic hydroxyl groups is 1. The number of fused-ring (bicyclic) bond motifs is 3. The van der Waals surface area contributed by atoms with Gasteiger partial charge in [0.1, 0.15) is 16.9 Å². The Hall–Kier alpha value is -3.07. The highest BCUT2D eigenvalue weighted by atomic mass is 32.2. The minimum absolute atomic E-state index is 0.126. The Morgan fingerprint density at radius 1 is 1.00 bits per heavy atom. The molecule has 3 aliphatic rings. The average molecular weight is 654 g/mol. The lowest BCUT2D eigenvalue weighted by molar-refractivity contribution is -0.348. The highest BCUT2D eigenvalue weighted by molar-refractivity contribution is 7.92. The molecule has 2 aromatic carbocycles. The average Bonchev–Trinajstić information content (AvgIpc) is 3.24. The zero-order chi connectivity index (χ0) is 32.7. The van der Waals surface area contributed by atoms with Crippen molar-refractivity contribution in [3.8, 4) is 0 Å². The molecule has 3 aliphatic carbocycles. The topological polar surface area (TPSA) is 101 Å². The third-order valence-corrected chi connectivity index (χ3v) is 11.9. The molecule has 0 radical (unpaired) electrons. The molecule has 0 spiro atoms. The molecular formula is C29H27F8NO5S. The summed E-state index contributed by atoms with van der Waals surface area (Å²) in [7, 11) is -4.78. The fraction of sp³-hybridized carbons (Fsp3) is 0.517. The van der Waals surface area contributed by atoms with Gasteiger partial charge >= 0.3 is 18.0 Å². The monoisotopic (exact) mass is 653 g/mol. The summed E-state index contributed by atoms with van der Waals surface area (Å²) in [6.45, 7) is 1.53. The molecule has 0 aliphatic heterocycles. The van der Waals surface area contributed by atoms with Crippen LogP contribution in [0.1, 0.15) is 49.3 Å². The first kappa shape index (κ1) is 32.3. The highest BCUT2D eigenvalue weighted by Gasteiger charge is 2.74. The number of halogens is 8. The summed E-state index contributed by atoms with van der Waals surface area (Å²) in [5.41, 5.74) is -9.28. The largest absolute Gasteiger partial charge is 0.435 e. The molecule has 2 fully saturated rings. The third-order valence-electron chi connectivity index (χ3n) is 9.33. The molecule has 2 aromatic rings. The van der Waals surface area contributed by atoms with E-state index in [9.17, 15) is 53.8 Å². The number of aldehydes is 1. The van der Waals surface area contributed by atoms with Gasteiger partial charge in [0.2, 0.25) is 5.91 Å². The number of aryl methyl sites for hydroxylation is 1. The Morgan fingerprint density at radius 3 is 2.11 bits per heavy atom. The molecule has 0 bridgehead atoms. The van der Waals surface area contributed by atoms with Crippen LogP contribution in [-0.4, -0.2) is 49.7 Å². The van der Waals surface area contributed by atoms with E-state index in [0.717, 1.165) is 24.3 Å². The van der Waals surface area contributed by atoms with Gasteiger partial charge in [0, 0.05) is 29.4 Å². The van der Waals surface area contributed by atoms with E-state index in [1.807, 2.05) is 0 Å². The van der Waals surface area contributed by atoms with Crippen molar-refractivity contribution in [1.82, 2.24) is 5.32 Å². The molecule has 240 valence electrons.